The number of carbonyl (C=O) groups excluding carboxylic acids is 1. The summed E-state index contributed by atoms with van der Waals surface area (Å²) in [6.45, 7) is 1.96. The summed E-state index contributed by atoms with van der Waals surface area (Å²) in [6, 6.07) is 6.57. The Kier molecular flexibility index (Phi) is 4.09. The van der Waals surface area contributed by atoms with Crippen molar-refractivity contribution in [2.45, 2.75) is 13.3 Å². The van der Waals surface area contributed by atoms with Gasteiger partial charge in [0.25, 0.3) is 11.7 Å². The molecule has 2 rings (SSSR count). The first-order chi connectivity index (χ1) is 9.56. The molecule has 0 atom stereocenters. The normalized spacial score (nSPS) is 10.2. The quantitative estimate of drug-likeness (QED) is 0.844. The zero-order valence-electron chi connectivity index (χ0n) is 10.8. The Bertz CT molecular complexity index is 636. The highest BCUT2D eigenvalue weighted by Crippen LogP contribution is 2.05. The fourth-order valence-electron chi connectivity index (χ4n) is 1.65. The van der Waals surface area contributed by atoms with Gasteiger partial charge in [0.05, 0.1) is 5.56 Å². The van der Waals surface area contributed by atoms with Gasteiger partial charge in [0.2, 0.25) is 5.89 Å². The van der Waals surface area contributed by atoms with Crippen molar-refractivity contribution in [3.63, 3.8) is 0 Å². The lowest BCUT2D eigenvalue weighted by atomic mass is 10.1. The van der Waals surface area contributed by atoms with E-state index in [1.165, 1.54) is 6.07 Å². The first kappa shape index (κ1) is 13.7. The summed E-state index contributed by atoms with van der Waals surface area (Å²) in [6.07, 6.45) is 0.518. The number of aryl methyl sites for hydroxylation is 1. The molecule has 7 heteroatoms. The Balaban J connectivity index is 1.88. The molecule has 0 spiro atoms. The standard InChI is InChI=1S/C13H13N3O4/c1-8-15-11(16-20-8)12(17)14-6-5-9-3-2-4-10(7-9)13(18)19/h2-4,7H,5-6H2,1H3,(H,14,17)(H,18,19). The van der Waals surface area contributed by atoms with Crippen molar-refractivity contribution in [3.05, 3.63) is 47.1 Å². The minimum Gasteiger partial charge on any atom is -0.478 e. The zero-order valence-corrected chi connectivity index (χ0v) is 10.8. The summed E-state index contributed by atoms with van der Waals surface area (Å²) in [5.74, 6) is -1.08. The molecule has 0 aliphatic rings. The van der Waals surface area contributed by atoms with Crippen LogP contribution in [0.4, 0.5) is 0 Å². The molecule has 0 saturated carbocycles. The van der Waals surface area contributed by atoms with E-state index in [0.29, 0.717) is 18.9 Å². The minimum absolute atomic E-state index is 0.0122. The zero-order chi connectivity index (χ0) is 14.5. The van der Waals surface area contributed by atoms with Crippen molar-refractivity contribution in [1.82, 2.24) is 15.5 Å². The molecular weight excluding hydrogens is 262 g/mol. The Morgan fingerprint density at radius 1 is 1.40 bits per heavy atom. The fraction of sp³-hybridized carbons (Fsp3) is 0.231. The number of aromatic carboxylic acids is 1. The molecule has 0 aliphatic carbocycles. The van der Waals surface area contributed by atoms with Crippen LogP contribution in [0.3, 0.4) is 0 Å². The number of nitrogens with zero attached hydrogens (tertiary/aromatic N) is 2. The van der Waals surface area contributed by atoms with Crippen LogP contribution >= 0.6 is 0 Å². The lowest BCUT2D eigenvalue weighted by Crippen LogP contribution is -2.26. The molecule has 0 aliphatic heterocycles. The van der Waals surface area contributed by atoms with E-state index in [1.807, 2.05) is 0 Å². The minimum atomic E-state index is -0.974. The van der Waals surface area contributed by atoms with E-state index in [2.05, 4.69) is 15.5 Å². The first-order valence-electron chi connectivity index (χ1n) is 5.97. The number of amides is 1. The molecule has 2 N–H and O–H groups in total. The molecule has 7 nitrogen and oxygen atoms in total. The second-order valence-corrected chi connectivity index (χ2v) is 4.15. The highest BCUT2D eigenvalue weighted by atomic mass is 16.5. The number of rotatable bonds is 5. The molecule has 0 bridgehead atoms. The van der Waals surface area contributed by atoms with Crippen molar-refractivity contribution >= 4 is 11.9 Å². The predicted molar refractivity (Wildman–Crippen MR) is 68.5 cm³/mol. The Morgan fingerprint density at radius 3 is 2.85 bits per heavy atom. The average molecular weight is 275 g/mol. The highest BCUT2D eigenvalue weighted by Gasteiger charge is 2.12. The van der Waals surface area contributed by atoms with E-state index in [0.717, 1.165) is 5.56 Å². The van der Waals surface area contributed by atoms with Crippen molar-refractivity contribution in [3.8, 4) is 0 Å². The van der Waals surface area contributed by atoms with Gasteiger partial charge in [-0.15, -0.1) is 0 Å². The molecule has 0 fully saturated rings. The van der Waals surface area contributed by atoms with E-state index in [4.69, 9.17) is 9.63 Å². The van der Waals surface area contributed by atoms with Crippen LogP contribution in [0.15, 0.2) is 28.8 Å². The van der Waals surface area contributed by atoms with Gasteiger partial charge in [-0.05, 0) is 24.1 Å². The van der Waals surface area contributed by atoms with Crippen LogP contribution in [0.2, 0.25) is 0 Å². The number of hydrogen-bond donors (Lipinski definition) is 2. The molecule has 2 aromatic rings. The molecule has 1 aromatic heterocycles. The Labute approximate surface area is 114 Å². The van der Waals surface area contributed by atoms with Gasteiger partial charge in [-0.1, -0.05) is 17.3 Å². The molecule has 0 saturated heterocycles. The smallest absolute Gasteiger partial charge is 0.335 e. The molecule has 0 unspecified atom stereocenters. The maximum atomic E-state index is 11.6. The molecule has 20 heavy (non-hydrogen) atoms. The van der Waals surface area contributed by atoms with Crippen molar-refractivity contribution in [2.75, 3.05) is 6.54 Å². The highest BCUT2D eigenvalue weighted by molar-refractivity contribution is 5.90. The van der Waals surface area contributed by atoms with Crippen LogP contribution in [0.1, 0.15) is 32.4 Å². The van der Waals surface area contributed by atoms with Gasteiger partial charge in [0.15, 0.2) is 0 Å². The summed E-state index contributed by atoms with van der Waals surface area (Å²) >= 11 is 0. The Hall–Kier alpha value is -2.70. The molecule has 0 radical (unpaired) electrons. The number of nitrogens with one attached hydrogen (secondary N) is 1. The number of carboxylic acids is 1. The van der Waals surface area contributed by atoms with Gasteiger partial charge >= 0.3 is 5.97 Å². The van der Waals surface area contributed by atoms with E-state index >= 15 is 0 Å². The van der Waals surface area contributed by atoms with Crippen LogP contribution < -0.4 is 5.32 Å². The largest absolute Gasteiger partial charge is 0.478 e. The number of carbonyl (C=O) groups is 2. The Morgan fingerprint density at radius 2 is 2.20 bits per heavy atom. The second-order valence-electron chi connectivity index (χ2n) is 4.15. The van der Waals surface area contributed by atoms with Gasteiger partial charge in [0, 0.05) is 13.5 Å². The number of carboxylic acid groups (broad SMARTS) is 1. The third-order valence-electron chi connectivity index (χ3n) is 2.60. The lowest BCUT2D eigenvalue weighted by Gasteiger charge is -2.04. The van der Waals surface area contributed by atoms with Crippen LogP contribution in [0, 0.1) is 6.92 Å². The SMILES string of the molecule is Cc1nc(C(=O)NCCc2cccc(C(=O)O)c2)no1. The maximum absolute atomic E-state index is 11.6. The summed E-state index contributed by atoms with van der Waals surface area (Å²) < 4.78 is 4.71. The van der Waals surface area contributed by atoms with Gasteiger partial charge in [0.1, 0.15) is 0 Å². The van der Waals surface area contributed by atoms with Gasteiger partial charge in [-0.2, -0.15) is 4.98 Å². The maximum Gasteiger partial charge on any atom is 0.335 e. The lowest BCUT2D eigenvalue weighted by molar-refractivity contribution is 0.0696. The molecular formula is C13H13N3O4. The molecule has 1 amide bonds. The van der Waals surface area contributed by atoms with Crippen molar-refractivity contribution < 1.29 is 19.2 Å². The second kappa shape index (κ2) is 5.96. The van der Waals surface area contributed by atoms with Gasteiger partial charge in [-0.25, -0.2) is 4.79 Å². The topological polar surface area (TPSA) is 105 Å². The average Bonchev–Trinajstić information content (AvgIpc) is 2.86. The summed E-state index contributed by atoms with van der Waals surface area (Å²) in [4.78, 5) is 26.3. The molecule has 104 valence electrons. The van der Waals surface area contributed by atoms with Crippen LogP contribution in [0.5, 0.6) is 0 Å². The van der Waals surface area contributed by atoms with Gasteiger partial charge in [-0.3, -0.25) is 4.79 Å². The summed E-state index contributed by atoms with van der Waals surface area (Å²) in [5.41, 5.74) is 1.05. The van der Waals surface area contributed by atoms with E-state index < -0.39 is 11.9 Å². The van der Waals surface area contributed by atoms with Crippen LogP contribution in [0.25, 0.3) is 0 Å². The van der Waals surface area contributed by atoms with Crippen molar-refractivity contribution in [2.24, 2.45) is 0 Å². The fourth-order valence-corrected chi connectivity index (χ4v) is 1.65. The van der Waals surface area contributed by atoms with Crippen LogP contribution in [-0.4, -0.2) is 33.7 Å². The van der Waals surface area contributed by atoms with E-state index in [-0.39, 0.29) is 11.4 Å². The third kappa shape index (κ3) is 3.41. The number of benzene rings is 1. The van der Waals surface area contributed by atoms with Crippen molar-refractivity contribution in [1.29, 1.82) is 0 Å². The monoisotopic (exact) mass is 275 g/mol. The molecule has 1 aromatic carbocycles. The van der Waals surface area contributed by atoms with E-state index in [9.17, 15) is 9.59 Å². The van der Waals surface area contributed by atoms with Crippen LogP contribution in [-0.2, 0) is 6.42 Å². The number of aromatic nitrogens is 2. The van der Waals surface area contributed by atoms with Gasteiger partial charge < -0.3 is 14.9 Å². The summed E-state index contributed by atoms with van der Waals surface area (Å²) in [7, 11) is 0. The first-order valence-corrected chi connectivity index (χ1v) is 5.97. The van der Waals surface area contributed by atoms with E-state index in [1.54, 1.807) is 25.1 Å². The molecule has 1 heterocycles. The third-order valence-corrected chi connectivity index (χ3v) is 2.60. The summed E-state index contributed by atoms with van der Waals surface area (Å²) in [5, 5.41) is 15.0. The number of hydrogen-bond acceptors (Lipinski definition) is 5. The predicted octanol–water partition coefficient (Wildman–Crippen LogP) is 1.05.